The molecule has 0 unspecified atom stereocenters. The second-order valence-corrected chi connectivity index (χ2v) is 5.35. The number of carbonyl (C=O) groups excluding carboxylic acids is 1. The summed E-state index contributed by atoms with van der Waals surface area (Å²) in [5.74, 6) is 0.375. The predicted octanol–water partition coefficient (Wildman–Crippen LogP) is 4.90. The standard InChI is InChI=1S/C18H13ClFNO3/c19-15-10-12(20)6-8-16(15)21-18(22)17-9-7-14(24-17)11-23-13-4-2-1-3-5-13/h1-10H,11H2,(H,21,22). The van der Waals surface area contributed by atoms with Crippen molar-refractivity contribution < 1.29 is 18.3 Å². The van der Waals surface area contributed by atoms with E-state index in [1.807, 2.05) is 30.3 Å². The largest absolute Gasteiger partial charge is 0.486 e. The van der Waals surface area contributed by atoms with Gasteiger partial charge >= 0.3 is 0 Å². The Morgan fingerprint density at radius 2 is 1.92 bits per heavy atom. The van der Waals surface area contributed by atoms with Crippen LogP contribution in [0.25, 0.3) is 0 Å². The highest BCUT2D eigenvalue weighted by Gasteiger charge is 2.13. The Labute approximate surface area is 142 Å². The Kier molecular flexibility index (Phi) is 4.82. The summed E-state index contributed by atoms with van der Waals surface area (Å²) in [4.78, 5) is 12.1. The van der Waals surface area contributed by atoms with Gasteiger partial charge in [0.1, 0.15) is 23.9 Å². The first-order chi connectivity index (χ1) is 11.6. The summed E-state index contributed by atoms with van der Waals surface area (Å²) in [5.41, 5.74) is 0.307. The van der Waals surface area contributed by atoms with Gasteiger partial charge in [-0.3, -0.25) is 4.79 Å². The Morgan fingerprint density at radius 1 is 1.12 bits per heavy atom. The molecule has 24 heavy (non-hydrogen) atoms. The number of nitrogens with one attached hydrogen (secondary N) is 1. The number of benzene rings is 2. The SMILES string of the molecule is O=C(Nc1ccc(F)cc1Cl)c1ccc(COc2ccccc2)o1. The van der Waals surface area contributed by atoms with Gasteiger partial charge in [0.25, 0.3) is 5.91 Å². The van der Waals surface area contributed by atoms with Crippen LogP contribution in [0, 0.1) is 5.82 Å². The highest BCUT2D eigenvalue weighted by molar-refractivity contribution is 6.33. The molecule has 0 spiro atoms. The van der Waals surface area contributed by atoms with Gasteiger partial charge < -0.3 is 14.5 Å². The fraction of sp³-hybridized carbons (Fsp3) is 0.0556. The first kappa shape index (κ1) is 16.1. The number of furan rings is 1. The van der Waals surface area contributed by atoms with E-state index in [2.05, 4.69) is 5.32 Å². The molecule has 122 valence electrons. The summed E-state index contributed by atoms with van der Waals surface area (Å²) < 4.78 is 24.0. The molecule has 1 heterocycles. The van der Waals surface area contributed by atoms with Gasteiger partial charge in [0.05, 0.1) is 10.7 Å². The molecule has 0 aliphatic carbocycles. The maximum absolute atomic E-state index is 13.0. The van der Waals surface area contributed by atoms with Crippen LogP contribution >= 0.6 is 11.6 Å². The number of carbonyl (C=O) groups is 1. The molecule has 0 saturated carbocycles. The van der Waals surface area contributed by atoms with Crippen LogP contribution in [0.2, 0.25) is 5.02 Å². The van der Waals surface area contributed by atoms with Crippen LogP contribution in [0.15, 0.2) is 65.1 Å². The lowest BCUT2D eigenvalue weighted by Gasteiger charge is -2.06. The molecule has 1 aromatic heterocycles. The first-order valence-electron chi connectivity index (χ1n) is 7.15. The zero-order valence-corrected chi connectivity index (χ0v) is 13.2. The quantitative estimate of drug-likeness (QED) is 0.715. The van der Waals surface area contributed by atoms with Crippen molar-refractivity contribution in [3.8, 4) is 5.75 Å². The molecule has 1 N–H and O–H groups in total. The van der Waals surface area contributed by atoms with Crippen LogP contribution in [-0.2, 0) is 6.61 Å². The fourth-order valence-corrected chi connectivity index (χ4v) is 2.24. The zero-order chi connectivity index (χ0) is 16.9. The number of anilines is 1. The second-order valence-electron chi connectivity index (χ2n) is 4.95. The molecule has 0 aliphatic rings. The molecule has 0 fully saturated rings. The summed E-state index contributed by atoms with van der Waals surface area (Å²) in [5, 5.41) is 2.68. The number of rotatable bonds is 5. The Balaban J connectivity index is 1.63. The average Bonchev–Trinajstić information content (AvgIpc) is 3.05. The molecule has 0 aliphatic heterocycles. The van der Waals surface area contributed by atoms with Gasteiger partial charge in [0.15, 0.2) is 5.76 Å². The molecule has 0 atom stereocenters. The number of ether oxygens (including phenoxy) is 1. The molecular weight excluding hydrogens is 333 g/mol. The smallest absolute Gasteiger partial charge is 0.291 e. The number of halogens is 2. The molecular formula is C18H13ClFNO3. The summed E-state index contributed by atoms with van der Waals surface area (Å²) in [7, 11) is 0. The highest BCUT2D eigenvalue weighted by Crippen LogP contribution is 2.23. The Hall–Kier alpha value is -2.79. The monoisotopic (exact) mass is 345 g/mol. The highest BCUT2D eigenvalue weighted by atomic mass is 35.5. The minimum absolute atomic E-state index is 0.113. The molecule has 0 radical (unpaired) electrons. The third kappa shape index (κ3) is 3.94. The molecule has 1 amide bonds. The summed E-state index contributed by atoms with van der Waals surface area (Å²) in [6.07, 6.45) is 0. The van der Waals surface area contributed by atoms with Crippen molar-refractivity contribution in [2.75, 3.05) is 5.32 Å². The third-order valence-electron chi connectivity index (χ3n) is 3.19. The summed E-state index contributed by atoms with van der Waals surface area (Å²) in [6, 6.07) is 16.2. The first-order valence-corrected chi connectivity index (χ1v) is 7.52. The molecule has 4 nitrogen and oxygen atoms in total. The van der Waals surface area contributed by atoms with Gasteiger partial charge in [-0.15, -0.1) is 0 Å². The van der Waals surface area contributed by atoms with Crippen molar-refractivity contribution in [1.29, 1.82) is 0 Å². The van der Waals surface area contributed by atoms with Crippen LogP contribution in [0.5, 0.6) is 5.75 Å². The van der Waals surface area contributed by atoms with Crippen molar-refractivity contribution in [2.45, 2.75) is 6.61 Å². The van der Waals surface area contributed by atoms with Crippen molar-refractivity contribution in [1.82, 2.24) is 0 Å². The van der Waals surface area contributed by atoms with Gasteiger partial charge in [-0.25, -0.2) is 4.39 Å². The van der Waals surface area contributed by atoms with Gasteiger partial charge in [0.2, 0.25) is 0 Å². The maximum Gasteiger partial charge on any atom is 0.291 e. The van der Waals surface area contributed by atoms with E-state index in [1.54, 1.807) is 6.07 Å². The summed E-state index contributed by atoms with van der Waals surface area (Å²) in [6.45, 7) is 0.203. The molecule has 3 aromatic rings. The van der Waals surface area contributed by atoms with E-state index in [9.17, 15) is 9.18 Å². The molecule has 2 aromatic carbocycles. The number of hydrogen-bond acceptors (Lipinski definition) is 3. The lowest BCUT2D eigenvalue weighted by atomic mass is 10.3. The minimum Gasteiger partial charge on any atom is -0.486 e. The van der Waals surface area contributed by atoms with Crippen LogP contribution in [0.3, 0.4) is 0 Å². The lowest BCUT2D eigenvalue weighted by molar-refractivity contribution is 0.0992. The van der Waals surface area contributed by atoms with E-state index in [-0.39, 0.29) is 17.4 Å². The average molecular weight is 346 g/mol. The minimum atomic E-state index is -0.477. The van der Waals surface area contributed by atoms with Gasteiger partial charge in [-0.1, -0.05) is 29.8 Å². The van der Waals surface area contributed by atoms with Gasteiger partial charge in [-0.05, 0) is 42.5 Å². The maximum atomic E-state index is 13.0. The second kappa shape index (κ2) is 7.19. The topological polar surface area (TPSA) is 51.5 Å². The lowest BCUT2D eigenvalue weighted by Crippen LogP contribution is -2.11. The number of hydrogen-bond donors (Lipinski definition) is 1. The molecule has 3 rings (SSSR count). The van der Waals surface area contributed by atoms with E-state index < -0.39 is 11.7 Å². The van der Waals surface area contributed by atoms with E-state index in [4.69, 9.17) is 20.8 Å². The van der Waals surface area contributed by atoms with Crippen LogP contribution in [0.1, 0.15) is 16.3 Å². The van der Waals surface area contributed by atoms with E-state index in [0.717, 1.165) is 6.07 Å². The number of para-hydroxylation sites is 1. The van der Waals surface area contributed by atoms with E-state index >= 15 is 0 Å². The van der Waals surface area contributed by atoms with E-state index in [0.29, 0.717) is 17.2 Å². The van der Waals surface area contributed by atoms with Gasteiger partial charge in [-0.2, -0.15) is 0 Å². The molecule has 0 bridgehead atoms. The zero-order valence-electron chi connectivity index (χ0n) is 12.5. The van der Waals surface area contributed by atoms with E-state index in [1.165, 1.54) is 18.2 Å². The molecule has 0 saturated heterocycles. The van der Waals surface area contributed by atoms with Gasteiger partial charge in [0, 0.05) is 0 Å². The van der Waals surface area contributed by atoms with Crippen LogP contribution in [0.4, 0.5) is 10.1 Å². The van der Waals surface area contributed by atoms with Crippen molar-refractivity contribution in [2.24, 2.45) is 0 Å². The van der Waals surface area contributed by atoms with Crippen molar-refractivity contribution in [3.63, 3.8) is 0 Å². The fourth-order valence-electron chi connectivity index (χ4n) is 2.02. The number of amides is 1. The normalized spacial score (nSPS) is 10.4. The van der Waals surface area contributed by atoms with Crippen molar-refractivity contribution in [3.05, 3.63) is 83.0 Å². The predicted molar refractivity (Wildman–Crippen MR) is 88.8 cm³/mol. The van der Waals surface area contributed by atoms with Crippen LogP contribution in [-0.4, -0.2) is 5.91 Å². The Morgan fingerprint density at radius 3 is 2.67 bits per heavy atom. The van der Waals surface area contributed by atoms with Crippen molar-refractivity contribution >= 4 is 23.2 Å². The summed E-state index contributed by atoms with van der Waals surface area (Å²) >= 11 is 5.88. The third-order valence-corrected chi connectivity index (χ3v) is 3.50. The molecule has 6 heteroatoms. The Bertz CT molecular complexity index is 848. The van der Waals surface area contributed by atoms with Crippen LogP contribution < -0.4 is 10.1 Å².